The second-order valence-corrected chi connectivity index (χ2v) is 7.44. The highest BCUT2D eigenvalue weighted by Crippen LogP contribution is 2.38. The van der Waals surface area contributed by atoms with Crippen molar-refractivity contribution in [2.45, 2.75) is 57.3 Å². The Hall–Kier alpha value is -1.43. The molecule has 6 nitrogen and oxygen atoms in total. The van der Waals surface area contributed by atoms with E-state index in [0.717, 1.165) is 18.9 Å². The van der Waals surface area contributed by atoms with Gasteiger partial charge in [0, 0.05) is 13.0 Å². The fraction of sp³-hybridized carbons (Fsp3) is 0.824. The Balaban J connectivity index is 1.30. The summed E-state index contributed by atoms with van der Waals surface area (Å²) >= 11 is 0. The quantitative estimate of drug-likeness (QED) is 0.904. The van der Waals surface area contributed by atoms with E-state index < -0.39 is 0 Å². The molecule has 1 saturated carbocycles. The van der Waals surface area contributed by atoms with Crippen LogP contribution in [0.3, 0.4) is 0 Å². The number of amides is 1. The van der Waals surface area contributed by atoms with Gasteiger partial charge >= 0.3 is 0 Å². The zero-order valence-electron chi connectivity index (χ0n) is 13.7. The molecule has 126 valence electrons. The first-order valence-corrected chi connectivity index (χ1v) is 9.14. The van der Waals surface area contributed by atoms with Crippen LogP contribution < -0.4 is 5.32 Å². The summed E-state index contributed by atoms with van der Waals surface area (Å²) in [6.07, 6.45) is 9.18. The van der Waals surface area contributed by atoms with Gasteiger partial charge in [-0.3, -0.25) is 10.1 Å². The van der Waals surface area contributed by atoms with Crippen molar-refractivity contribution in [3.8, 4) is 0 Å². The van der Waals surface area contributed by atoms with Gasteiger partial charge in [-0.05, 0) is 49.3 Å². The van der Waals surface area contributed by atoms with Crippen LogP contribution in [0.4, 0.5) is 5.95 Å². The summed E-state index contributed by atoms with van der Waals surface area (Å²) in [5, 5.41) is 6.76. The molecule has 1 amide bonds. The summed E-state index contributed by atoms with van der Waals surface area (Å²) in [5.74, 6) is 2.78. The fourth-order valence-corrected chi connectivity index (χ4v) is 4.50. The first kappa shape index (κ1) is 15.1. The molecule has 23 heavy (non-hydrogen) atoms. The van der Waals surface area contributed by atoms with Gasteiger partial charge in [0.05, 0.1) is 5.92 Å². The van der Waals surface area contributed by atoms with Crippen LogP contribution in [0.1, 0.15) is 63.2 Å². The van der Waals surface area contributed by atoms with Crippen LogP contribution in [0.25, 0.3) is 0 Å². The van der Waals surface area contributed by atoms with Crippen molar-refractivity contribution in [1.82, 2.24) is 15.0 Å². The number of nitrogens with one attached hydrogen (secondary N) is 1. The molecule has 3 saturated heterocycles. The van der Waals surface area contributed by atoms with Crippen LogP contribution in [-0.2, 0) is 4.79 Å². The molecule has 1 aromatic heterocycles. The highest BCUT2D eigenvalue weighted by molar-refractivity contribution is 5.88. The number of fused-ring (bicyclic) bond motifs is 3. The minimum absolute atomic E-state index is 0.0122. The Morgan fingerprint density at radius 2 is 2.00 bits per heavy atom. The Bertz CT molecular complexity index is 545. The molecule has 0 aromatic carbocycles. The topological polar surface area (TPSA) is 71.3 Å². The van der Waals surface area contributed by atoms with Gasteiger partial charge in [-0.15, -0.1) is 0 Å². The number of hydrogen-bond donors (Lipinski definition) is 1. The third-order valence-electron chi connectivity index (χ3n) is 5.92. The van der Waals surface area contributed by atoms with E-state index >= 15 is 0 Å². The van der Waals surface area contributed by atoms with Crippen molar-refractivity contribution in [1.29, 1.82) is 0 Å². The molecule has 1 aliphatic carbocycles. The van der Waals surface area contributed by atoms with Gasteiger partial charge in [0.2, 0.25) is 11.8 Å². The normalized spacial score (nSPS) is 30.7. The van der Waals surface area contributed by atoms with Crippen molar-refractivity contribution in [3.05, 3.63) is 5.89 Å². The van der Waals surface area contributed by atoms with Crippen LogP contribution in [0.5, 0.6) is 0 Å². The Labute approximate surface area is 137 Å². The summed E-state index contributed by atoms with van der Waals surface area (Å²) in [6, 6.07) is 0. The zero-order valence-corrected chi connectivity index (χ0v) is 13.7. The molecular weight excluding hydrogens is 292 g/mol. The molecule has 4 aliphatic rings. The molecule has 5 rings (SSSR count). The molecule has 0 spiro atoms. The largest absolute Gasteiger partial charge is 0.337 e. The van der Waals surface area contributed by atoms with Crippen LogP contribution in [-0.4, -0.2) is 40.6 Å². The Morgan fingerprint density at radius 1 is 1.22 bits per heavy atom. The lowest BCUT2D eigenvalue weighted by Crippen LogP contribution is -2.46. The summed E-state index contributed by atoms with van der Waals surface area (Å²) < 4.78 is 5.43. The molecular formula is C17H26N4O2. The van der Waals surface area contributed by atoms with E-state index in [9.17, 15) is 4.79 Å². The Kier molecular flexibility index (Phi) is 4.33. The lowest BCUT2D eigenvalue weighted by atomic mass is 9.79. The second kappa shape index (κ2) is 6.59. The molecule has 3 aliphatic heterocycles. The summed E-state index contributed by atoms with van der Waals surface area (Å²) in [6.45, 7) is 3.40. The van der Waals surface area contributed by atoms with E-state index in [1.807, 2.05) is 0 Å². The predicted octanol–water partition coefficient (Wildman–Crippen LogP) is 2.79. The number of nitrogens with zero attached hydrogens (tertiary/aromatic N) is 3. The molecule has 6 heteroatoms. The van der Waals surface area contributed by atoms with Gasteiger partial charge in [0.1, 0.15) is 0 Å². The van der Waals surface area contributed by atoms with Crippen LogP contribution >= 0.6 is 0 Å². The molecule has 4 fully saturated rings. The number of aromatic nitrogens is 2. The number of rotatable bonds is 5. The molecule has 1 atom stereocenters. The fourth-order valence-electron chi connectivity index (χ4n) is 4.50. The van der Waals surface area contributed by atoms with Crippen molar-refractivity contribution in [3.63, 3.8) is 0 Å². The van der Waals surface area contributed by atoms with Crippen molar-refractivity contribution in [2.24, 2.45) is 11.8 Å². The van der Waals surface area contributed by atoms with Crippen LogP contribution in [0, 0.1) is 11.8 Å². The maximum Gasteiger partial charge on any atom is 0.270 e. The third-order valence-corrected chi connectivity index (χ3v) is 5.92. The van der Waals surface area contributed by atoms with Crippen molar-refractivity contribution in [2.75, 3.05) is 25.0 Å². The molecule has 4 heterocycles. The van der Waals surface area contributed by atoms with Gasteiger partial charge in [-0.2, -0.15) is 4.98 Å². The van der Waals surface area contributed by atoms with E-state index in [4.69, 9.17) is 4.52 Å². The highest BCUT2D eigenvalue weighted by atomic mass is 16.5. The number of carbonyl (C=O) groups excluding carboxylic acids is 1. The van der Waals surface area contributed by atoms with Gasteiger partial charge in [0.25, 0.3) is 5.95 Å². The summed E-state index contributed by atoms with van der Waals surface area (Å²) in [7, 11) is 0. The van der Waals surface area contributed by atoms with E-state index in [1.54, 1.807) is 0 Å². The number of carbonyl (C=O) groups is 1. The monoisotopic (exact) mass is 318 g/mol. The van der Waals surface area contributed by atoms with Gasteiger partial charge in [-0.1, -0.05) is 25.7 Å². The maximum atomic E-state index is 12.0. The standard InChI is InChI=1S/C17H26N4O2/c22-15(6-5-12-3-1-2-4-12)18-17-19-16(23-20-17)14-11-21-9-7-13(14)8-10-21/h12-14H,1-11H2,(H,18,20,22). The smallest absolute Gasteiger partial charge is 0.270 e. The lowest BCUT2D eigenvalue weighted by Gasteiger charge is -2.43. The minimum atomic E-state index is 0.0122. The van der Waals surface area contributed by atoms with Gasteiger partial charge in [-0.25, -0.2) is 0 Å². The second-order valence-electron chi connectivity index (χ2n) is 7.44. The van der Waals surface area contributed by atoms with Crippen molar-refractivity contribution >= 4 is 11.9 Å². The van der Waals surface area contributed by atoms with E-state index in [-0.39, 0.29) is 5.91 Å². The first-order chi connectivity index (χ1) is 11.3. The van der Waals surface area contributed by atoms with Crippen LogP contribution in [0.15, 0.2) is 4.52 Å². The molecule has 1 aromatic rings. The Morgan fingerprint density at radius 3 is 2.70 bits per heavy atom. The summed E-state index contributed by atoms with van der Waals surface area (Å²) in [5.41, 5.74) is 0. The number of hydrogen-bond acceptors (Lipinski definition) is 5. The lowest BCUT2D eigenvalue weighted by molar-refractivity contribution is -0.116. The molecule has 1 unspecified atom stereocenters. The van der Waals surface area contributed by atoms with Crippen LogP contribution in [0.2, 0.25) is 0 Å². The van der Waals surface area contributed by atoms with Gasteiger partial charge < -0.3 is 9.42 Å². The average Bonchev–Trinajstić information content (AvgIpc) is 3.26. The molecule has 0 radical (unpaired) electrons. The van der Waals surface area contributed by atoms with E-state index in [0.29, 0.717) is 30.1 Å². The predicted molar refractivity (Wildman–Crippen MR) is 86.0 cm³/mol. The first-order valence-electron chi connectivity index (χ1n) is 9.14. The molecule has 2 bridgehead atoms. The highest BCUT2D eigenvalue weighted by Gasteiger charge is 2.38. The number of piperidine rings is 3. The molecule has 1 N–H and O–H groups in total. The third kappa shape index (κ3) is 3.42. The maximum absolute atomic E-state index is 12.0. The van der Waals surface area contributed by atoms with Gasteiger partial charge in [0.15, 0.2) is 0 Å². The summed E-state index contributed by atoms with van der Waals surface area (Å²) in [4.78, 5) is 18.9. The minimum Gasteiger partial charge on any atom is -0.337 e. The van der Waals surface area contributed by atoms with Crippen molar-refractivity contribution < 1.29 is 9.32 Å². The SMILES string of the molecule is O=C(CCC1CCCC1)Nc1noc(C2CN3CCC2CC3)n1. The average molecular weight is 318 g/mol. The zero-order chi connectivity index (χ0) is 15.6. The van der Waals surface area contributed by atoms with E-state index in [1.165, 1.54) is 51.6 Å². The number of anilines is 1. The van der Waals surface area contributed by atoms with E-state index in [2.05, 4.69) is 20.4 Å².